The molecule has 4 heteroatoms. The molecule has 0 aliphatic carbocycles. The van der Waals surface area contributed by atoms with Crippen LogP contribution in [0.2, 0.25) is 0 Å². The molecule has 1 aromatic heterocycles. The zero-order valence-electron chi connectivity index (χ0n) is 8.34. The average molecular weight is 336 g/mol. The Morgan fingerprint density at radius 1 is 1.40 bits per heavy atom. The van der Waals surface area contributed by atoms with E-state index in [0.29, 0.717) is 5.39 Å². The van der Waals surface area contributed by atoms with E-state index in [2.05, 4.69) is 15.9 Å². The summed E-state index contributed by atoms with van der Waals surface area (Å²) in [6, 6.07) is 5.07. The van der Waals surface area contributed by atoms with E-state index in [1.807, 2.05) is 6.07 Å². The molecule has 80 valence electrons. The molecule has 0 unspecified atom stereocenters. The number of hydrogen-bond donors (Lipinski definition) is 1. The summed E-state index contributed by atoms with van der Waals surface area (Å²) in [4.78, 5) is 0. The van der Waals surface area contributed by atoms with Crippen molar-refractivity contribution in [2.24, 2.45) is 0 Å². The van der Waals surface area contributed by atoms with Gasteiger partial charge in [-0.2, -0.15) is 0 Å². The van der Waals surface area contributed by atoms with Crippen LogP contribution in [0.1, 0.15) is 18.3 Å². The van der Waals surface area contributed by atoms with Gasteiger partial charge in [0.2, 0.25) is 0 Å². The van der Waals surface area contributed by atoms with Gasteiger partial charge in [0.05, 0.1) is 0 Å². The molecular weight excluding hydrogens is 326 g/mol. The molecule has 0 saturated carbocycles. The average Bonchev–Trinajstić information content (AvgIpc) is 2.44. The second-order valence-electron chi connectivity index (χ2n) is 3.92. The number of hydrogen-bond acceptors (Lipinski definition) is 1. The van der Waals surface area contributed by atoms with E-state index >= 15 is 0 Å². The van der Waals surface area contributed by atoms with Gasteiger partial charge in [0.25, 0.3) is 0 Å². The van der Waals surface area contributed by atoms with Gasteiger partial charge in [-0.25, -0.2) is 0 Å². The fraction of sp³-hybridized carbons (Fsp3) is 0.273. The predicted molar refractivity (Wildman–Crippen MR) is 63.8 cm³/mol. The van der Waals surface area contributed by atoms with Crippen molar-refractivity contribution in [3.63, 3.8) is 0 Å². The van der Waals surface area contributed by atoms with Gasteiger partial charge < -0.3 is 0 Å². The Balaban J connectivity index is 2.82. The summed E-state index contributed by atoms with van der Waals surface area (Å²) in [5.41, 5.74) is -0.885. The number of fused-ring (bicyclic) bond motifs is 1. The molecule has 15 heavy (non-hydrogen) atoms. The van der Waals surface area contributed by atoms with Gasteiger partial charge in [0.15, 0.2) is 0 Å². The molecule has 2 rings (SSSR count). The molecule has 1 heterocycles. The molecule has 1 N–H and O–H groups in total. The van der Waals surface area contributed by atoms with E-state index in [4.69, 9.17) is 0 Å². The summed E-state index contributed by atoms with van der Waals surface area (Å²) in [5, 5.41) is 10.6. The molecule has 0 amide bonds. The van der Waals surface area contributed by atoms with E-state index in [-0.39, 0.29) is 20.3 Å². The van der Waals surface area contributed by atoms with Crippen molar-refractivity contribution in [1.29, 1.82) is 0 Å². The van der Waals surface area contributed by atoms with Gasteiger partial charge in [0.1, 0.15) is 0 Å². The zero-order chi connectivity index (χ0) is 11.2. The Morgan fingerprint density at radius 3 is 2.60 bits per heavy atom. The quantitative estimate of drug-likeness (QED) is 0.794. The van der Waals surface area contributed by atoms with Crippen LogP contribution in [0, 0.1) is 5.82 Å². The van der Waals surface area contributed by atoms with Gasteiger partial charge in [-0.15, -0.1) is 0 Å². The number of aliphatic hydroxyl groups is 1. The summed E-state index contributed by atoms with van der Waals surface area (Å²) in [5.74, 6) is -0.222. The zero-order valence-corrected chi connectivity index (χ0v) is 11.6. The molecule has 0 aliphatic rings. The van der Waals surface area contributed by atoms with Crippen molar-refractivity contribution in [3.05, 3.63) is 32.9 Å². The normalized spacial score (nSPS) is 12.3. The summed E-state index contributed by atoms with van der Waals surface area (Å²) in [6.45, 7) is 3.46. The Morgan fingerprint density at radius 2 is 2.07 bits per heavy atom. The van der Waals surface area contributed by atoms with Gasteiger partial charge >= 0.3 is 102 Å². The summed E-state index contributed by atoms with van der Waals surface area (Å²) < 4.78 is 16.2. The number of halogens is 2. The second-order valence-corrected chi connectivity index (χ2v) is 6.92. The first-order valence-corrected chi connectivity index (χ1v) is 7.01. The standard InChI is InChI=1S/C11H10BrFOSe/c1-11(2,14)10-9(12)8-6(13)4-3-5-7(8)15-10/h3-5,14H,1-2H3. The third-order valence-corrected chi connectivity index (χ3v) is 6.63. The first kappa shape index (κ1) is 11.3. The third kappa shape index (κ3) is 1.92. The maximum absolute atomic E-state index is 13.6. The van der Waals surface area contributed by atoms with Crippen molar-refractivity contribution < 1.29 is 9.50 Å². The summed E-state index contributed by atoms with van der Waals surface area (Å²) >= 11 is 3.39. The monoisotopic (exact) mass is 336 g/mol. The Bertz CT molecular complexity index is 513. The van der Waals surface area contributed by atoms with E-state index in [9.17, 15) is 9.50 Å². The van der Waals surface area contributed by atoms with E-state index in [1.54, 1.807) is 19.9 Å². The summed E-state index contributed by atoms with van der Waals surface area (Å²) in [6.07, 6.45) is 0. The third-order valence-electron chi connectivity index (χ3n) is 2.16. The molecule has 2 aromatic rings. The van der Waals surface area contributed by atoms with Crippen molar-refractivity contribution >= 4 is 40.1 Å². The molecule has 1 aromatic carbocycles. The molecule has 0 aliphatic heterocycles. The molecule has 0 radical (unpaired) electrons. The SMILES string of the molecule is CC(C)(O)c1[se]c2cccc(F)c2c1Br. The van der Waals surface area contributed by atoms with Gasteiger partial charge in [-0.3, -0.25) is 0 Å². The fourth-order valence-corrected chi connectivity index (χ4v) is 5.40. The van der Waals surface area contributed by atoms with Crippen LogP contribution in [0.5, 0.6) is 0 Å². The van der Waals surface area contributed by atoms with E-state index in [1.165, 1.54) is 6.07 Å². The topological polar surface area (TPSA) is 20.2 Å². The van der Waals surface area contributed by atoms with Crippen LogP contribution >= 0.6 is 15.9 Å². The molecule has 0 fully saturated rings. The first-order valence-electron chi connectivity index (χ1n) is 4.50. The van der Waals surface area contributed by atoms with Crippen molar-refractivity contribution in [1.82, 2.24) is 0 Å². The van der Waals surface area contributed by atoms with Gasteiger partial charge in [0, 0.05) is 0 Å². The molecule has 0 saturated heterocycles. The predicted octanol–water partition coefficient (Wildman–Crippen LogP) is 3.03. The van der Waals surface area contributed by atoms with Crippen LogP contribution in [0.25, 0.3) is 9.65 Å². The molecule has 0 spiro atoms. The maximum atomic E-state index is 13.6. The second kappa shape index (κ2) is 3.70. The van der Waals surface area contributed by atoms with E-state index < -0.39 is 5.60 Å². The van der Waals surface area contributed by atoms with Crippen LogP contribution in [0.4, 0.5) is 4.39 Å². The molecule has 0 atom stereocenters. The van der Waals surface area contributed by atoms with Crippen LogP contribution in [-0.4, -0.2) is 19.6 Å². The van der Waals surface area contributed by atoms with Crippen LogP contribution < -0.4 is 0 Å². The van der Waals surface area contributed by atoms with Gasteiger partial charge in [-0.05, 0) is 0 Å². The van der Waals surface area contributed by atoms with Crippen LogP contribution in [0.15, 0.2) is 22.7 Å². The minimum atomic E-state index is -0.885. The van der Waals surface area contributed by atoms with Crippen LogP contribution in [-0.2, 0) is 5.60 Å². The molecule has 0 bridgehead atoms. The van der Waals surface area contributed by atoms with E-state index in [0.717, 1.165) is 13.2 Å². The number of rotatable bonds is 1. The molecular formula is C11H10BrFOSe. The van der Waals surface area contributed by atoms with Crippen LogP contribution in [0.3, 0.4) is 0 Å². The summed E-state index contributed by atoms with van der Waals surface area (Å²) in [7, 11) is 0. The van der Waals surface area contributed by atoms with Crippen molar-refractivity contribution in [2.75, 3.05) is 0 Å². The Hall–Kier alpha value is -0.151. The number of benzene rings is 1. The Kier molecular flexibility index (Phi) is 2.80. The van der Waals surface area contributed by atoms with Crippen molar-refractivity contribution in [2.45, 2.75) is 19.4 Å². The van der Waals surface area contributed by atoms with Gasteiger partial charge in [-0.1, -0.05) is 0 Å². The first-order chi connectivity index (χ1) is 6.91. The minimum absolute atomic E-state index is 0.00845. The fourth-order valence-electron chi connectivity index (χ4n) is 1.46. The Labute approximate surface area is 102 Å². The van der Waals surface area contributed by atoms with Crippen molar-refractivity contribution in [3.8, 4) is 0 Å². The molecule has 1 nitrogen and oxygen atoms in total.